The van der Waals surface area contributed by atoms with Crippen LogP contribution in [-0.4, -0.2) is 33.1 Å². The van der Waals surface area contributed by atoms with Crippen molar-refractivity contribution < 1.29 is 9.59 Å². The molecule has 2 amide bonds. The number of carbonyl (C=O) groups is 2. The zero-order chi connectivity index (χ0) is 16.2. The highest BCUT2D eigenvalue weighted by Crippen LogP contribution is 2.37. The molecule has 2 aromatic heterocycles. The molecule has 1 fully saturated rings. The lowest BCUT2D eigenvalue weighted by Gasteiger charge is -2.10. The van der Waals surface area contributed by atoms with Crippen LogP contribution in [0.3, 0.4) is 0 Å². The summed E-state index contributed by atoms with van der Waals surface area (Å²) in [5.74, 6) is 1.03. The molecule has 2 aromatic rings. The standard InChI is InChI=1S/C16H19N5O2/c1-11-10-12(11)16(23)18-8-5-14(22)20-13-4-2-6-17-15(13)21-9-3-7-19-21/h2-4,6-7,9,11-12H,5,8,10H2,1H3,(H,18,23)(H,20,22)/t11-,12+/m0/s1. The van der Waals surface area contributed by atoms with Crippen LogP contribution in [0.5, 0.6) is 0 Å². The summed E-state index contributed by atoms with van der Waals surface area (Å²) in [7, 11) is 0. The predicted octanol–water partition coefficient (Wildman–Crippen LogP) is 1.37. The van der Waals surface area contributed by atoms with Gasteiger partial charge in [-0.3, -0.25) is 9.59 Å². The SMILES string of the molecule is C[C@H]1C[C@H]1C(=O)NCCC(=O)Nc1cccnc1-n1cccn1. The molecule has 23 heavy (non-hydrogen) atoms. The summed E-state index contributed by atoms with van der Waals surface area (Å²) in [6.45, 7) is 2.39. The van der Waals surface area contributed by atoms with E-state index in [1.165, 1.54) is 0 Å². The number of pyridine rings is 1. The molecule has 7 heteroatoms. The van der Waals surface area contributed by atoms with Crippen LogP contribution in [0, 0.1) is 11.8 Å². The van der Waals surface area contributed by atoms with Gasteiger partial charge in [0.25, 0.3) is 0 Å². The van der Waals surface area contributed by atoms with Crippen molar-refractivity contribution in [3.8, 4) is 5.82 Å². The number of carbonyl (C=O) groups excluding carboxylic acids is 2. The molecule has 0 radical (unpaired) electrons. The molecule has 2 heterocycles. The van der Waals surface area contributed by atoms with Crippen LogP contribution in [-0.2, 0) is 9.59 Å². The fourth-order valence-electron chi connectivity index (χ4n) is 2.40. The first-order valence-electron chi connectivity index (χ1n) is 7.68. The minimum atomic E-state index is -0.171. The number of anilines is 1. The number of nitrogens with zero attached hydrogens (tertiary/aromatic N) is 3. The number of hydrogen-bond acceptors (Lipinski definition) is 4. The van der Waals surface area contributed by atoms with Gasteiger partial charge in [0, 0.05) is 37.5 Å². The fraction of sp³-hybridized carbons (Fsp3) is 0.375. The Balaban J connectivity index is 1.53. The van der Waals surface area contributed by atoms with Crippen LogP contribution in [0.2, 0.25) is 0 Å². The first kappa shape index (κ1) is 15.2. The Morgan fingerprint density at radius 3 is 2.87 bits per heavy atom. The Hall–Kier alpha value is -2.70. The van der Waals surface area contributed by atoms with Crippen molar-refractivity contribution in [3.63, 3.8) is 0 Å². The lowest BCUT2D eigenvalue weighted by Crippen LogP contribution is -2.29. The van der Waals surface area contributed by atoms with E-state index in [0.29, 0.717) is 24.0 Å². The third kappa shape index (κ3) is 3.74. The van der Waals surface area contributed by atoms with Gasteiger partial charge in [0.05, 0.1) is 5.69 Å². The van der Waals surface area contributed by atoms with E-state index in [-0.39, 0.29) is 24.2 Å². The third-order valence-electron chi connectivity index (χ3n) is 3.88. The van der Waals surface area contributed by atoms with Gasteiger partial charge in [0.1, 0.15) is 0 Å². The monoisotopic (exact) mass is 313 g/mol. The molecule has 3 rings (SSSR count). The van der Waals surface area contributed by atoms with Crippen molar-refractivity contribution in [2.75, 3.05) is 11.9 Å². The van der Waals surface area contributed by atoms with Crippen molar-refractivity contribution in [2.45, 2.75) is 19.8 Å². The lowest BCUT2D eigenvalue weighted by atomic mass is 10.3. The van der Waals surface area contributed by atoms with Gasteiger partial charge in [-0.2, -0.15) is 5.10 Å². The summed E-state index contributed by atoms with van der Waals surface area (Å²) in [5.41, 5.74) is 0.586. The Labute approximate surface area is 134 Å². The first-order valence-corrected chi connectivity index (χ1v) is 7.68. The van der Waals surface area contributed by atoms with Crippen molar-refractivity contribution in [1.29, 1.82) is 0 Å². The fourth-order valence-corrected chi connectivity index (χ4v) is 2.40. The van der Waals surface area contributed by atoms with Crippen molar-refractivity contribution in [2.24, 2.45) is 11.8 Å². The normalized spacial score (nSPS) is 19.2. The largest absolute Gasteiger partial charge is 0.355 e. The molecule has 0 spiro atoms. The molecule has 1 aliphatic carbocycles. The number of aromatic nitrogens is 3. The van der Waals surface area contributed by atoms with E-state index in [9.17, 15) is 9.59 Å². The Bertz CT molecular complexity index is 698. The van der Waals surface area contributed by atoms with Crippen molar-refractivity contribution in [3.05, 3.63) is 36.8 Å². The molecule has 0 bridgehead atoms. The minimum absolute atomic E-state index is 0.0453. The Kier molecular flexibility index (Phi) is 4.36. The average Bonchev–Trinajstić information content (AvgIpc) is 3.04. The van der Waals surface area contributed by atoms with Gasteiger partial charge in [-0.05, 0) is 30.5 Å². The molecule has 1 saturated carbocycles. The van der Waals surface area contributed by atoms with Gasteiger partial charge in [-0.1, -0.05) is 6.92 Å². The second-order valence-corrected chi connectivity index (χ2v) is 5.73. The maximum Gasteiger partial charge on any atom is 0.226 e. The van der Waals surface area contributed by atoms with Gasteiger partial charge in [-0.25, -0.2) is 9.67 Å². The van der Waals surface area contributed by atoms with E-state index < -0.39 is 0 Å². The summed E-state index contributed by atoms with van der Waals surface area (Å²) in [6, 6.07) is 5.31. The lowest BCUT2D eigenvalue weighted by molar-refractivity contribution is -0.122. The second kappa shape index (κ2) is 6.60. The molecule has 0 aliphatic heterocycles. The van der Waals surface area contributed by atoms with Gasteiger partial charge < -0.3 is 10.6 Å². The van der Waals surface area contributed by atoms with Gasteiger partial charge in [0.2, 0.25) is 11.8 Å². The van der Waals surface area contributed by atoms with E-state index in [2.05, 4.69) is 27.6 Å². The molecule has 2 atom stereocenters. The molecular formula is C16H19N5O2. The number of hydrogen-bond donors (Lipinski definition) is 2. The van der Waals surface area contributed by atoms with Crippen molar-refractivity contribution in [1.82, 2.24) is 20.1 Å². The summed E-state index contributed by atoms with van der Waals surface area (Å²) >= 11 is 0. The van der Waals surface area contributed by atoms with E-state index >= 15 is 0 Å². The van der Waals surface area contributed by atoms with Crippen LogP contribution in [0.4, 0.5) is 5.69 Å². The van der Waals surface area contributed by atoms with Crippen LogP contribution in [0.25, 0.3) is 5.82 Å². The van der Waals surface area contributed by atoms with Gasteiger partial charge in [-0.15, -0.1) is 0 Å². The van der Waals surface area contributed by atoms with Crippen LogP contribution >= 0.6 is 0 Å². The zero-order valence-electron chi connectivity index (χ0n) is 12.9. The highest BCUT2D eigenvalue weighted by molar-refractivity contribution is 5.92. The predicted molar refractivity (Wildman–Crippen MR) is 84.9 cm³/mol. The molecule has 0 saturated heterocycles. The topological polar surface area (TPSA) is 88.9 Å². The Morgan fingerprint density at radius 1 is 1.35 bits per heavy atom. The van der Waals surface area contributed by atoms with E-state index in [4.69, 9.17) is 0 Å². The molecule has 2 N–H and O–H groups in total. The Morgan fingerprint density at radius 2 is 2.17 bits per heavy atom. The summed E-state index contributed by atoms with van der Waals surface area (Å²) in [6.07, 6.45) is 6.22. The first-order chi connectivity index (χ1) is 11.1. The zero-order valence-corrected chi connectivity index (χ0v) is 12.9. The number of rotatable bonds is 6. The van der Waals surface area contributed by atoms with Crippen molar-refractivity contribution >= 4 is 17.5 Å². The molecule has 1 aliphatic rings. The highest BCUT2D eigenvalue weighted by atomic mass is 16.2. The number of nitrogens with one attached hydrogen (secondary N) is 2. The smallest absolute Gasteiger partial charge is 0.226 e. The van der Waals surface area contributed by atoms with E-state index in [1.807, 2.05) is 0 Å². The highest BCUT2D eigenvalue weighted by Gasteiger charge is 2.38. The minimum Gasteiger partial charge on any atom is -0.355 e. The second-order valence-electron chi connectivity index (χ2n) is 5.73. The van der Waals surface area contributed by atoms with Crippen LogP contribution in [0.1, 0.15) is 19.8 Å². The maximum absolute atomic E-state index is 12.0. The van der Waals surface area contributed by atoms with E-state index in [1.54, 1.807) is 41.5 Å². The number of amides is 2. The molecule has 0 unspecified atom stereocenters. The molecule has 7 nitrogen and oxygen atoms in total. The average molecular weight is 313 g/mol. The van der Waals surface area contributed by atoms with Crippen LogP contribution in [0.15, 0.2) is 36.8 Å². The van der Waals surface area contributed by atoms with E-state index in [0.717, 1.165) is 6.42 Å². The van der Waals surface area contributed by atoms with Crippen LogP contribution < -0.4 is 10.6 Å². The van der Waals surface area contributed by atoms with Gasteiger partial charge in [0.15, 0.2) is 5.82 Å². The third-order valence-corrected chi connectivity index (χ3v) is 3.88. The quantitative estimate of drug-likeness (QED) is 0.843. The molecule has 120 valence electrons. The summed E-state index contributed by atoms with van der Waals surface area (Å²) in [5, 5.41) is 9.73. The van der Waals surface area contributed by atoms with Gasteiger partial charge >= 0.3 is 0 Å². The maximum atomic E-state index is 12.0. The molecular weight excluding hydrogens is 294 g/mol. The molecule has 0 aromatic carbocycles. The summed E-state index contributed by atoms with van der Waals surface area (Å²) in [4.78, 5) is 28.0. The summed E-state index contributed by atoms with van der Waals surface area (Å²) < 4.78 is 1.59.